The molecule has 1 aliphatic rings. The molecule has 88 valence electrons. The van der Waals surface area contributed by atoms with Crippen LogP contribution in [0, 0.1) is 5.92 Å². The number of rotatable bonds is 6. The van der Waals surface area contributed by atoms with Crippen molar-refractivity contribution in [2.75, 3.05) is 13.1 Å². The molecule has 0 aromatic carbocycles. The molecule has 0 aromatic heterocycles. The summed E-state index contributed by atoms with van der Waals surface area (Å²) in [6.45, 7) is 5.62. The molecule has 0 unspecified atom stereocenters. The van der Waals surface area contributed by atoms with E-state index in [1.165, 1.54) is 25.7 Å². The van der Waals surface area contributed by atoms with Crippen molar-refractivity contribution in [3.8, 4) is 0 Å². The normalized spacial score (nSPS) is 19.1. The lowest BCUT2D eigenvalue weighted by atomic mass is 10.00. The highest BCUT2D eigenvalue weighted by Gasteiger charge is 2.22. The van der Waals surface area contributed by atoms with Gasteiger partial charge in [0.05, 0.1) is 6.54 Å². The quantitative estimate of drug-likeness (QED) is 0.658. The Hall–Kier alpha value is -0.570. The van der Waals surface area contributed by atoms with Crippen LogP contribution in [0.1, 0.15) is 46.0 Å². The number of carbonyl (C=O) groups is 1. The molecule has 3 heteroatoms. The molecule has 0 radical (unpaired) electrons. The van der Waals surface area contributed by atoms with Gasteiger partial charge in [0.1, 0.15) is 0 Å². The van der Waals surface area contributed by atoms with Crippen molar-refractivity contribution in [3.05, 3.63) is 0 Å². The highest BCUT2D eigenvalue weighted by Crippen LogP contribution is 2.27. The van der Waals surface area contributed by atoms with Gasteiger partial charge in [0.25, 0.3) is 0 Å². The fraction of sp³-hybridized carbons (Fsp3) is 0.917. The molecule has 1 aliphatic carbocycles. The Kier molecular flexibility index (Phi) is 5.69. The summed E-state index contributed by atoms with van der Waals surface area (Å²) in [6.07, 6.45) is 6.30. The van der Waals surface area contributed by atoms with Crippen LogP contribution in [0.15, 0.2) is 0 Å². The zero-order valence-electron chi connectivity index (χ0n) is 10.0. The minimum atomic E-state index is 0.142. The third kappa shape index (κ3) is 4.65. The van der Waals surface area contributed by atoms with Crippen molar-refractivity contribution in [2.45, 2.75) is 52.0 Å². The van der Waals surface area contributed by atoms with Gasteiger partial charge in [-0.3, -0.25) is 4.79 Å². The van der Waals surface area contributed by atoms with E-state index in [2.05, 4.69) is 24.5 Å². The second-order valence-electron chi connectivity index (χ2n) is 4.58. The van der Waals surface area contributed by atoms with Gasteiger partial charge in [-0.15, -0.1) is 0 Å². The predicted molar refractivity (Wildman–Crippen MR) is 62.7 cm³/mol. The average molecular weight is 212 g/mol. The summed E-state index contributed by atoms with van der Waals surface area (Å²) in [7, 11) is 0. The molecule has 1 fully saturated rings. The maximum atomic E-state index is 11.5. The van der Waals surface area contributed by atoms with E-state index in [4.69, 9.17) is 0 Å². The van der Waals surface area contributed by atoms with Crippen LogP contribution in [0.5, 0.6) is 0 Å². The van der Waals surface area contributed by atoms with Crippen molar-refractivity contribution in [1.82, 2.24) is 10.6 Å². The van der Waals surface area contributed by atoms with E-state index in [-0.39, 0.29) is 5.91 Å². The van der Waals surface area contributed by atoms with Crippen LogP contribution in [-0.4, -0.2) is 25.0 Å². The minimum Gasteiger partial charge on any atom is -0.352 e. The second kappa shape index (κ2) is 6.83. The fourth-order valence-corrected chi connectivity index (χ4v) is 2.26. The lowest BCUT2D eigenvalue weighted by Crippen LogP contribution is -2.42. The van der Waals surface area contributed by atoms with Crippen LogP contribution in [0.3, 0.4) is 0 Å². The minimum absolute atomic E-state index is 0.142. The number of hydrogen-bond donors (Lipinski definition) is 2. The lowest BCUT2D eigenvalue weighted by molar-refractivity contribution is -0.121. The van der Waals surface area contributed by atoms with Gasteiger partial charge in [-0.2, -0.15) is 0 Å². The molecule has 0 aromatic rings. The zero-order valence-corrected chi connectivity index (χ0v) is 10.0. The zero-order chi connectivity index (χ0) is 11.1. The SMILES string of the molecule is CCCNCC(=O)N[C@H](C)C1CCCC1. The van der Waals surface area contributed by atoms with Crippen LogP contribution in [0.25, 0.3) is 0 Å². The third-order valence-corrected chi connectivity index (χ3v) is 3.21. The molecule has 15 heavy (non-hydrogen) atoms. The van der Waals surface area contributed by atoms with Gasteiger partial charge < -0.3 is 10.6 Å². The van der Waals surface area contributed by atoms with Crippen molar-refractivity contribution in [2.24, 2.45) is 5.92 Å². The maximum absolute atomic E-state index is 11.5. The Morgan fingerprint density at radius 2 is 2.07 bits per heavy atom. The first kappa shape index (κ1) is 12.5. The first-order chi connectivity index (χ1) is 7.24. The predicted octanol–water partition coefficient (Wildman–Crippen LogP) is 1.68. The maximum Gasteiger partial charge on any atom is 0.234 e. The first-order valence-electron chi connectivity index (χ1n) is 6.24. The van der Waals surface area contributed by atoms with Gasteiger partial charge in [0, 0.05) is 6.04 Å². The topological polar surface area (TPSA) is 41.1 Å². The lowest BCUT2D eigenvalue weighted by Gasteiger charge is -2.20. The van der Waals surface area contributed by atoms with Crippen molar-refractivity contribution >= 4 is 5.91 Å². The van der Waals surface area contributed by atoms with Gasteiger partial charge in [0.15, 0.2) is 0 Å². The molecule has 1 rings (SSSR count). The van der Waals surface area contributed by atoms with Gasteiger partial charge in [-0.05, 0) is 38.6 Å². The molecule has 1 amide bonds. The van der Waals surface area contributed by atoms with E-state index in [9.17, 15) is 4.79 Å². The summed E-state index contributed by atoms with van der Waals surface area (Å²) in [5.74, 6) is 0.850. The summed E-state index contributed by atoms with van der Waals surface area (Å²) in [6, 6.07) is 0.350. The summed E-state index contributed by atoms with van der Waals surface area (Å²) < 4.78 is 0. The Labute approximate surface area is 93.0 Å². The molecule has 2 N–H and O–H groups in total. The van der Waals surface area contributed by atoms with E-state index < -0.39 is 0 Å². The number of nitrogens with one attached hydrogen (secondary N) is 2. The van der Waals surface area contributed by atoms with Crippen LogP contribution in [-0.2, 0) is 4.79 Å². The molecule has 0 aliphatic heterocycles. The molecular weight excluding hydrogens is 188 g/mol. The van der Waals surface area contributed by atoms with E-state index in [0.29, 0.717) is 18.5 Å². The van der Waals surface area contributed by atoms with Crippen molar-refractivity contribution in [1.29, 1.82) is 0 Å². The smallest absolute Gasteiger partial charge is 0.234 e. The molecule has 0 saturated heterocycles. The largest absolute Gasteiger partial charge is 0.352 e. The number of amides is 1. The fourth-order valence-electron chi connectivity index (χ4n) is 2.26. The van der Waals surface area contributed by atoms with Crippen LogP contribution in [0.4, 0.5) is 0 Å². The van der Waals surface area contributed by atoms with Gasteiger partial charge in [0.2, 0.25) is 5.91 Å². The molecule has 0 spiro atoms. The van der Waals surface area contributed by atoms with E-state index in [1.54, 1.807) is 0 Å². The second-order valence-corrected chi connectivity index (χ2v) is 4.58. The summed E-state index contributed by atoms with van der Waals surface area (Å²) >= 11 is 0. The average Bonchev–Trinajstić information content (AvgIpc) is 2.70. The van der Waals surface area contributed by atoms with Gasteiger partial charge in [-0.25, -0.2) is 0 Å². The Balaban J connectivity index is 2.13. The van der Waals surface area contributed by atoms with Gasteiger partial charge >= 0.3 is 0 Å². The van der Waals surface area contributed by atoms with Crippen LogP contribution < -0.4 is 10.6 Å². The Bertz CT molecular complexity index is 188. The monoisotopic (exact) mass is 212 g/mol. The Morgan fingerprint density at radius 3 is 2.67 bits per heavy atom. The van der Waals surface area contributed by atoms with Crippen LogP contribution >= 0.6 is 0 Å². The van der Waals surface area contributed by atoms with E-state index in [1.807, 2.05) is 0 Å². The molecule has 1 atom stereocenters. The number of hydrogen-bond acceptors (Lipinski definition) is 2. The highest BCUT2D eigenvalue weighted by atomic mass is 16.1. The summed E-state index contributed by atoms with van der Waals surface area (Å²) in [5.41, 5.74) is 0. The van der Waals surface area contributed by atoms with E-state index in [0.717, 1.165) is 13.0 Å². The molecular formula is C12H24N2O. The molecule has 0 heterocycles. The van der Waals surface area contributed by atoms with Gasteiger partial charge in [-0.1, -0.05) is 19.8 Å². The highest BCUT2D eigenvalue weighted by molar-refractivity contribution is 5.78. The molecule has 1 saturated carbocycles. The third-order valence-electron chi connectivity index (χ3n) is 3.21. The summed E-state index contributed by atoms with van der Waals surface area (Å²) in [4.78, 5) is 11.5. The Morgan fingerprint density at radius 1 is 1.40 bits per heavy atom. The van der Waals surface area contributed by atoms with E-state index >= 15 is 0 Å². The standard InChI is InChI=1S/C12H24N2O/c1-3-8-13-9-12(15)14-10(2)11-6-4-5-7-11/h10-11,13H,3-9H2,1-2H3,(H,14,15)/t10-/m1/s1. The molecule has 0 bridgehead atoms. The molecule has 3 nitrogen and oxygen atoms in total. The summed E-state index contributed by atoms with van der Waals surface area (Å²) in [5, 5.41) is 6.20. The first-order valence-corrected chi connectivity index (χ1v) is 6.24. The number of carbonyl (C=O) groups excluding carboxylic acids is 1. The van der Waals surface area contributed by atoms with Crippen molar-refractivity contribution in [3.63, 3.8) is 0 Å². The van der Waals surface area contributed by atoms with Crippen molar-refractivity contribution < 1.29 is 4.79 Å². The van der Waals surface area contributed by atoms with Crippen LogP contribution in [0.2, 0.25) is 0 Å².